The SMILES string of the molecule is O=S(=O)(c1ccccc1Cl)N1CCC(N2CCC(Oc3ccccc3F)CC2)CC1. The van der Waals surface area contributed by atoms with Crippen molar-refractivity contribution in [2.24, 2.45) is 0 Å². The first kappa shape index (κ1) is 21.6. The Bertz CT molecular complexity index is 972. The molecule has 162 valence electrons. The van der Waals surface area contributed by atoms with Crippen molar-refractivity contribution in [3.63, 3.8) is 0 Å². The Morgan fingerprint density at radius 2 is 1.53 bits per heavy atom. The van der Waals surface area contributed by atoms with E-state index in [1.807, 2.05) is 0 Å². The van der Waals surface area contributed by atoms with E-state index in [1.165, 1.54) is 6.07 Å². The molecule has 2 heterocycles. The molecule has 8 heteroatoms. The number of nitrogens with zero attached hydrogens (tertiary/aromatic N) is 2. The predicted octanol–water partition coefficient (Wildman–Crippen LogP) is 4.18. The minimum atomic E-state index is -3.57. The number of piperidine rings is 2. The Balaban J connectivity index is 1.29. The van der Waals surface area contributed by atoms with E-state index in [1.54, 1.807) is 46.8 Å². The summed E-state index contributed by atoms with van der Waals surface area (Å²) in [5, 5.41) is 0.261. The summed E-state index contributed by atoms with van der Waals surface area (Å²) in [6.07, 6.45) is 3.28. The van der Waals surface area contributed by atoms with Gasteiger partial charge in [0.25, 0.3) is 0 Å². The topological polar surface area (TPSA) is 49.9 Å². The second kappa shape index (κ2) is 9.22. The number of sulfonamides is 1. The molecule has 2 aliphatic rings. The number of halogens is 2. The summed E-state index contributed by atoms with van der Waals surface area (Å²) in [4.78, 5) is 2.59. The van der Waals surface area contributed by atoms with Gasteiger partial charge in [0.05, 0.1) is 5.02 Å². The summed E-state index contributed by atoms with van der Waals surface area (Å²) in [6.45, 7) is 2.73. The third-order valence-electron chi connectivity index (χ3n) is 6.00. The molecule has 0 spiro atoms. The van der Waals surface area contributed by atoms with Gasteiger partial charge in [-0.05, 0) is 49.9 Å². The van der Waals surface area contributed by atoms with Gasteiger partial charge in [-0.15, -0.1) is 0 Å². The summed E-state index contributed by atoms with van der Waals surface area (Å²) < 4.78 is 47.0. The van der Waals surface area contributed by atoms with Crippen molar-refractivity contribution in [2.45, 2.75) is 42.7 Å². The van der Waals surface area contributed by atoms with E-state index in [4.69, 9.17) is 16.3 Å². The normalized spacial score (nSPS) is 20.3. The van der Waals surface area contributed by atoms with Gasteiger partial charge in [0.2, 0.25) is 10.0 Å². The van der Waals surface area contributed by atoms with Crippen LogP contribution in [0.3, 0.4) is 0 Å². The van der Waals surface area contributed by atoms with Gasteiger partial charge in [0.15, 0.2) is 11.6 Å². The molecular formula is C22H26ClFN2O3S. The smallest absolute Gasteiger partial charge is 0.244 e. The van der Waals surface area contributed by atoms with E-state index in [2.05, 4.69) is 4.90 Å². The fourth-order valence-electron chi connectivity index (χ4n) is 4.32. The van der Waals surface area contributed by atoms with Crippen LogP contribution in [0.2, 0.25) is 5.02 Å². The first-order chi connectivity index (χ1) is 14.4. The number of rotatable bonds is 5. The number of hydrogen-bond donors (Lipinski definition) is 0. The summed E-state index contributed by atoms with van der Waals surface area (Å²) in [5.41, 5.74) is 0. The maximum absolute atomic E-state index is 13.8. The highest BCUT2D eigenvalue weighted by atomic mass is 35.5. The second-order valence-electron chi connectivity index (χ2n) is 7.85. The van der Waals surface area contributed by atoms with Crippen LogP contribution in [0, 0.1) is 5.82 Å². The molecule has 0 saturated carbocycles. The molecule has 2 fully saturated rings. The van der Waals surface area contributed by atoms with E-state index in [9.17, 15) is 12.8 Å². The number of benzene rings is 2. The standard InChI is InChI=1S/C22H26ClFN2O3S/c23-19-5-1-4-8-22(19)30(27,28)26-15-9-17(10-16-26)25-13-11-18(12-14-25)29-21-7-3-2-6-20(21)24/h1-8,17-18H,9-16H2. The minimum Gasteiger partial charge on any atom is -0.487 e. The van der Waals surface area contributed by atoms with Crippen LogP contribution >= 0.6 is 11.6 Å². The molecule has 0 radical (unpaired) electrons. The van der Waals surface area contributed by atoms with Crippen LogP contribution in [-0.2, 0) is 10.0 Å². The Hall–Kier alpha value is -1.67. The van der Waals surface area contributed by atoms with Gasteiger partial charge in [-0.2, -0.15) is 4.31 Å². The van der Waals surface area contributed by atoms with E-state index < -0.39 is 10.0 Å². The van der Waals surface area contributed by atoms with E-state index >= 15 is 0 Å². The average molecular weight is 453 g/mol. The quantitative estimate of drug-likeness (QED) is 0.683. The molecule has 0 atom stereocenters. The van der Waals surface area contributed by atoms with Crippen LogP contribution in [0.1, 0.15) is 25.7 Å². The zero-order chi connectivity index (χ0) is 21.1. The Kier molecular flexibility index (Phi) is 6.63. The highest BCUT2D eigenvalue weighted by molar-refractivity contribution is 7.89. The van der Waals surface area contributed by atoms with E-state index in [0.717, 1.165) is 38.8 Å². The molecular weight excluding hydrogens is 427 g/mol. The summed E-state index contributed by atoms with van der Waals surface area (Å²) >= 11 is 6.11. The van der Waals surface area contributed by atoms with Crippen molar-refractivity contribution >= 4 is 21.6 Å². The van der Waals surface area contributed by atoms with Crippen LogP contribution in [0.25, 0.3) is 0 Å². The lowest BCUT2D eigenvalue weighted by atomic mass is 10.00. The average Bonchev–Trinajstić information content (AvgIpc) is 2.76. The van der Waals surface area contributed by atoms with Gasteiger partial charge < -0.3 is 9.64 Å². The van der Waals surface area contributed by atoms with Gasteiger partial charge in [0, 0.05) is 32.2 Å². The maximum Gasteiger partial charge on any atom is 0.244 e. The summed E-state index contributed by atoms with van der Waals surface area (Å²) in [7, 11) is -3.57. The summed E-state index contributed by atoms with van der Waals surface area (Å²) in [5.74, 6) is -0.0129. The molecule has 0 aromatic heterocycles. The molecule has 0 aliphatic carbocycles. The van der Waals surface area contributed by atoms with Gasteiger partial charge in [-0.3, -0.25) is 0 Å². The number of para-hydroxylation sites is 1. The number of ether oxygens (including phenoxy) is 1. The third-order valence-corrected chi connectivity index (χ3v) is 8.40. The molecule has 2 aliphatic heterocycles. The van der Waals surface area contributed by atoms with Crippen LogP contribution < -0.4 is 4.74 Å². The van der Waals surface area contributed by atoms with Crippen LogP contribution in [0.5, 0.6) is 5.75 Å². The van der Waals surface area contributed by atoms with Crippen LogP contribution in [-0.4, -0.2) is 55.9 Å². The Morgan fingerprint density at radius 3 is 2.20 bits per heavy atom. The zero-order valence-electron chi connectivity index (χ0n) is 16.7. The zero-order valence-corrected chi connectivity index (χ0v) is 18.3. The largest absolute Gasteiger partial charge is 0.487 e. The molecule has 0 N–H and O–H groups in total. The van der Waals surface area contributed by atoms with E-state index in [0.29, 0.717) is 24.9 Å². The fraction of sp³-hybridized carbons (Fsp3) is 0.455. The fourth-order valence-corrected chi connectivity index (χ4v) is 6.28. The lowest BCUT2D eigenvalue weighted by Gasteiger charge is -2.41. The van der Waals surface area contributed by atoms with Crippen molar-refractivity contribution in [1.82, 2.24) is 9.21 Å². The Labute approximate surface area is 182 Å². The first-order valence-corrected chi connectivity index (χ1v) is 12.2. The molecule has 0 amide bonds. The molecule has 2 saturated heterocycles. The predicted molar refractivity (Wildman–Crippen MR) is 115 cm³/mol. The lowest BCUT2D eigenvalue weighted by Crippen LogP contribution is -2.50. The minimum absolute atomic E-state index is 0.0128. The summed E-state index contributed by atoms with van der Waals surface area (Å²) in [6, 6.07) is 13.5. The van der Waals surface area contributed by atoms with Gasteiger partial charge in [-0.1, -0.05) is 35.9 Å². The van der Waals surface area contributed by atoms with Crippen molar-refractivity contribution in [3.05, 3.63) is 59.4 Å². The molecule has 0 bridgehead atoms. The monoisotopic (exact) mass is 452 g/mol. The van der Waals surface area contributed by atoms with Crippen LogP contribution in [0.15, 0.2) is 53.4 Å². The third kappa shape index (κ3) is 4.64. The van der Waals surface area contributed by atoms with Crippen molar-refractivity contribution in [1.29, 1.82) is 0 Å². The van der Waals surface area contributed by atoms with Crippen molar-refractivity contribution < 1.29 is 17.5 Å². The van der Waals surface area contributed by atoms with Crippen molar-refractivity contribution in [3.8, 4) is 5.75 Å². The first-order valence-electron chi connectivity index (χ1n) is 10.3. The molecule has 30 heavy (non-hydrogen) atoms. The molecule has 4 rings (SSSR count). The molecule has 0 unspecified atom stereocenters. The van der Waals surface area contributed by atoms with Gasteiger partial charge in [-0.25, -0.2) is 12.8 Å². The maximum atomic E-state index is 13.8. The highest BCUT2D eigenvalue weighted by Gasteiger charge is 2.34. The van der Waals surface area contributed by atoms with Crippen LogP contribution in [0.4, 0.5) is 4.39 Å². The highest BCUT2D eigenvalue weighted by Crippen LogP contribution is 2.29. The molecule has 2 aromatic carbocycles. The van der Waals surface area contributed by atoms with Gasteiger partial charge >= 0.3 is 0 Å². The van der Waals surface area contributed by atoms with Crippen molar-refractivity contribution in [2.75, 3.05) is 26.2 Å². The Morgan fingerprint density at radius 1 is 0.900 bits per heavy atom. The lowest BCUT2D eigenvalue weighted by molar-refractivity contribution is 0.0568. The van der Waals surface area contributed by atoms with Gasteiger partial charge in [0.1, 0.15) is 11.0 Å². The number of likely N-dealkylation sites (tertiary alicyclic amines) is 1. The van der Waals surface area contributed by atoms with E-state index in [-0.39, 0.29) is 21.8 Å². The second-order valence-corrected chi connectivity index (χ2v) is 10.2. The number of hydrogen-bond acceptors (Lipinski definition) is 4. The molecule has 2 aromatic rings. The molecule has 5 nitrogen and oxygen atoms in total.